The van der Waals surface area contributed by atoms with Gasteiger partial charge in [-0.05, 0) is 11.6 Å². The molecule has 20 heavy (non-hydrogen) atoms. The Kier molecular flexibility index (Phi) is 4.99. The SMILES string of the molecule is CN1CCN=C1NCc1ccccc1-n1ccnc1.I. The molecule has 0 radical (unpaired) electrons. The molecule has 0 aliphatic carbocycles. The van der Waals surface area contributed by atoms with Crippen molar-refractivity contribution in [1.29, 1.82) is 0 Å². The van der Waals surface area contributed by atoms with E-state index >= 15 is 0 Å². The topological polar surface area (TPSA) is 45.5 Å². The molecular formula is C14H18IN5. The minimum atomic E-state index is 0. The van der Waals surface area contributed by atoms with Gasteiger partial charge in [-0.3, -0.25) is 4.99 Å². The second-order valence-electron chi connectivity index (χ2n) is 4.58. The first-order valence-electron chi connectivity index (χ1n) is 6.40. The minimum absolute atomic E-state index is 0. The van der Waals surface area contributed by atoms with Gasteiger partial charge in [0.2, 0.25) is 0 Å². The van der Waals surface area contributed by atoms with Crippen molar-refractivity contribution in [3.63, 3.8) is 0 Å². The van der Waals surface area contributed by atoms with Crippen LogP contribution in [0.5, 0.6) is 0 Å². The van der Waals surface area contributed by atoms with Gasteiger partial charge in [-0.1, -0.05) is 18.2 Å². The molecule has 1 aromatic carbocycles. The van der Waals surface area contributed by atoms with Crippen LogP contribution in [0.2, 0.25) is 0 Å². The fraction of sp³-hybridized carbons (Fsp3) is 0.286. The van der Waals surface area contributed by atoms with Crippen LogP contribution in [-0.2, 0) is 6.54 Å². The average Bonchev–Trinajstić information content (AvgIpc) is 3.08. The Morgan fingerprint density at radius 3 is 2.85 bits per heavy atom. The maximum atomic E-state index is 4.44. The number of nitrogens with one attached hydrogen (secondary N) is 1. The summed E-state index contributed by atoms with van der Waals surface area (Å²) in [6.07, 6.45) is 5.56. The van der Waals surface area contributed by atoms with Crippen LogP contribution in [0.15, 0.2) is 48.0 Å². The summed E-state index contributed by atoms with van der Waals surface area (Å²) in [4.78, 5) is 10.7. The van der Waals surface area contributed by atoms with Crippen molar-refractivity contribution in [1.82, 2.24) is 19.8 Å². The third-order valence-corrected chi connectivity index (χ3v) is 3.27. The number of guanidine groups is 1. The van der Waals surface area contributed by atoms with E-state index in [0.29, 0.717) is 0 Å². The molecule has 0 amide bonds. The highest BCUT2D eigenvalue weighted by Gasteiger charge is 2.12. The predicted molar refractivity (Wildman–Crippen MR) is 90.8 cm³/mol. The number of aromatic nitrogens is 2. The highest BCUT2D eigenvalue weighted by Crippen LogP contribution is 2.14. The molecule has 0 saturated heterocycles. The number of hydrogen-bond donors (Lipinski definition) is 1. The Labute approximate surface area is 135 Å². The number of likely N-dealkylation sites (N-methyl/N-ethyl adjacent to an activating group) is 1. The normalized spacial score (nSPS) is 13.8. The van der Waals surface area contributed by atoms with Crippen molar-refractivity contribution >= 4 is 29.9 Å². The zero-order chi connectivity index (χ0) is 13.1. The molecule has 0 bridgehead atoms. The molecule has 2 aromatic rings. The molecule has 6 heteroatoms. The van der Waals surface area contributed by atoms with E-state index in [2.05, 4.69) is 45.4 Å². The van der Waals surface area contributed by atoms with E-state index in [1.54, 1.807) is 6.20 Å². The number of nitrogens with zero attached hydrogens (tertiary/aromatic N) is 4. The fourth-order valence-electron chi connectivity index (χ4n) is 2.21. The van der Waals surface area contributed by atoms with Gasteiger partial charge in [0.15, 0.2) is 5.96 Å². The molecule has 0 unspecified atom stereocenters. The van der Waals surface area contributed by atoms with Crippen LogP contribution in [0.1, 0.15) is 5.56 Å². The van der Waals surface area contributed by atoms with E-state index in [1.807, 2.05) is 23.2 Å². The largest absolute Gasteiger partial charge is 0.352 e. The second kappa shape index (κ2) is 6.74. The summed E-state index contributed by atoms with van der Waals surface area (Å²) in [5.74, 6) is 0.973. The first-order valence-corrected chi connectivity index (χ1v) is 6.40. The lowest BCUT2D eigenvalue weighted by atomic mass is 10.1. The maximum absolute atomic E-state index is 4.44. The van der Waals surface area contributed by atoms with Gasteiger partial charge in [-0.25, -0.2) is 4.98 Å². The van der Waals surface area contributed by atoms with Crippen molar-refractivity contribution in [2.75, 3.05) is 20.1 Å². The second-order valence-corrected chi connectivity index (χ2v) is 4.58. The van der Waals surface area contributed by atoms with Crippen LogP contribution in [0.25, 0.3) is 5.69 Å². The number of imidazole rings is 1. The lowest BCUT2D eigenvalue weighted by molar-refractivity contribution is 0.534. The van der Waals surface area contributed by atoms with Gasteiger partial charge in [-0.2, -0.15) is 0 Å². The monoisotopic (exact) mass is 383 g/mol. The number of benzene rings is 1. The molecule has 1 aliphatic heterocycles. The number of rotatable bonds is 3. The molecule has 0 saturated carbocycles. The van der Waals surface area contributed by atoms with Crippen LogP contribution in [0.3, 0.4) is 0 Å². The fourth-order valence-corrected chi connectivity index (χ4v) is 2.21. The van der Waals surface area contributed by atoms with Crippen molar-refractivity contribution in [3.8, 4) is 5.69 Å². The number of hydrogen-bond acceptors (Lipinski definition) is 4. The Hall–Kier alpha value is -1.57. The Balaban J connectivity index is 0.00000147. The molecule has 3 rings (SSSR count). The van der Waals surface area contributed by atoms with E-state index < -0.39 is 0 Å². The third kappa shape index (κ3) is 3.12. The minimum Gasteiger partial charge on any atom is -0.352 e. The molecule has 0 spiro atoms. The van der Waals surface area contributed by atoms with Crippen molar-refractivity contribution < 1.29 is 0 Å². The summed E-state index contributed by atoms with van der Waals surface area (Å²) in [5.41, 5.74) is 2.37. The van der Waals surface area contributed by atoms with E-state index in [1.165, 1.54) is 5.56 Å². The summed E-state index contributed by atoms with van der Waals surface area (Å²) in [5, 5.41) is 3.39. The Morgan fingerprint density at radius 1 is 1.30 bits per heavy atom. The van der Waals surface area contributed by atoms with Crippen LogP contribution < -0.4 is 5.32 Å². The van der Waals surface area contributed by atoms with Crippen LogP contribution in [0.4, 0.5) is 0 Å². The maximum Gasteiger partial charge on any atom is 0.194 e. The summed E-state index contributed by atoms with van der Waals surface area (Å²) in [7, 11) is 2.06. The standard InChI is InChI=1S/C14H17N5.HI/c1-18-8-7-16-14(18)17-10-12-4-2-3-5-13(12)19-9-6-15-11-19;/h2-6,9,11H,7-8,10H2,1H3,(H,16,17);1H. The van der Waals surface area contributed by atoms with E-state index in [0.717, 1.165) is 31.3 Å². The first kappa shape index (κ1) is 14.8. The van der Waals surface area contributed by atoms with E-state index in [9.17, 15) is 0 Å². The van der Waals surface area contributed by atoms with Crippen LogP contribution in [-0.4, -0.2) is 40.5 Å². The third-order valence-electron chi connectivity index (χ3n) is 3.27. The van der Waals surface area contributed by atoms with Crippen molar-refractivity contribution in [3.05, 3.63) is 48.5 Å². The summed E-state index contributed by atoms with van der Waals surface area (Å²) >= 11 is 0. The lowest BCUT2D eigenvalue weighted by Gasteiger charge is -2.16. The molecule has 1 N–H and O–H groups in total. The molecule has 0 fully saturated rings. The van der Waals surface area contributed by atoms with Crippen molar-refractivity contribution in [2.24, 2.45) is 4.99 Å². The van der Waals surface area contributed by atoms with Gasteiger partial charge >= 0.3 is 0 Å². The van der Waals surface area contributed by atoms with Gasteiger partial charge in [0, 0.05) is 32.5 Å². The van der Waals surface area contributed by atoms with E-state index in [-0.39, 0.29) is 24.0 Å². The quantitative estimate of drug-likeness (QED) is 0.824. The van der Waals surface area contributed by atoms with Gasteiger partial charge in [0.1, 0.15) is 0 Å². The zero-order valence-electron chi connectivity index (χ0n) is 11.4. The first-order chi connectivity index (χ1) is 9.34. The summed E-state index contributed by atoms with van der Waals surface area (Å²) in [6, 6.07) is 8.31. The highest BCUT2D eigenvalue weighted by molar-refractivity contribution is 14.0. The smallest absolute Gasteiger partial charge is 0.194 e. The predicted octanol–water partition coefficient (Wildman–Crippen LogP) is 1.88. The van der Waals surface area contributed by atoms with Crippen LogP contribution in [0, 0.1) is 0 Å². The number of halogens is 1. The van der Waals surface area contributed by atoms with Gasteiger partial charge in [-0.15, -0.1) is 24.0 Å². The number of para-hydroxylation sites is 1. The van der Waals surface area contributed by atoms with Gasteiger partial charge in [0.05, 0.1) is 18.6 Å². The molecule has 2 heterocycles. The van der Waals surface area contributed by atoms with Crippen molar-refractivity contribution in [2.45, 2.75) is 6.54 Å². The molecule has 1 aliphatic rings. The number of aliphatic imine (C=N–C) groups is 1. The highest BCUT2D eigenvalue weighted by atomic mass is 127. The average molecular weight is 383 g/mol. The molecular weight excluding hydrogens is 365 g/mol. The zero-order valence-corrected chi connectivity index (χ0v) is 13.7. The molecule has 106 valence electrons. The van der Waals surface area contributed by atoms with E-state index in [4.69, 9.17) is 0 Å². The summed E-state index contributed by atoms with van der Waals surface area (Å²) in [6.45, 7) is 2.63. The Morgan fingerprint density at radius 2 is 2.15 bits per heavy atom. The van der Waals surface area contributed by atoms with Gasteiger partial charge < -0.3 is 14.8 Å². The van der Waals surface area contributed by atoms with Gasteiger partial charge in [0.25, 0.3) is 0 Å². The molecule has 0 atom stereocenters. The molecule has 1 aromatic heterocycles. The summed E-state index contributed by atoms with van der Waals surface area (Å²) < 4.78 is 2.02. The van der Waals surface area contributed by atoms with Crippen LogP contribution >= 0.6 is 24.0 Å². The lowest BCUT2D eigenvalue weighted by Crippen LogP contribution is -2.35. The molecule has 5 nitrogen and oxygen atoms in total. The Bertz CT molecular complexity index is 579.